The minimum absolute atomic E-state index is 0.376. The zero-order chi connectivity index (χ0) is 16.1. The van der Waals surface area contributed by atoms with E-state index < -0.39 is 0 Å². The van der Waals surface area contributed by atoms with Gasteiger partial charge in [-0.15, -0.1) is 4.48 Å². The SMILES string of the molecule is CCC1CCCCCCC1C1=C(N(C)F)C=CC(C)C=C1C. The minimum Gasteiger partial charge on any atom is -0.215 e. The largest absolute Gasteiger partial charge is 0.215 e. The molecule has 0 heterocycles. The van der Waals surface area contributed by atoms with Gasteiger partial charge in [0.25, 0.3) is 0 Å². The molecule has 0 aromatic heterocycles. The monoisotopic (exact) mass is 305 g/mol. The second-order valence-electron chi connectivity index (χ2n) is 7.11. The Morgan fingerprint density at radius 1 is 1.18 bits per heavy atom. The molecule has 0 aromatic rings. The Morgan fingerprint density at radius 3 is 2.50 bits per heavy atom. The van der Waals surface area contributed by atoms with Crippen molar-refractivity contribution >= 4 is 0 Å². The fourth-order valence-electron chi connectivity index (χ4n) is 4.26. The third kappa shape index (κ3) is 4.02. The molecule has 0 N–H and O–H groups in total. The van der Waals surface area contributed by atoms with Crippen LogP contribution in [0.25, 0.3) is 0 Å². The lowest BCUT2D eigenvalue weighted by molar-refractivity contribution is 0.110. The molecule has 0 amide bonds. The molecule has 2 rings (SSSR count). The van der Waals surface area contributed by atoms with Crippen LogP contribution >= 0.6 is 0 Å². The van der Waals surface area contributed by atoms with Gasteiger partial charge in [-0.1, -0.05) is 58.1 Å². The first-order chi connectivity index (χ1) is 10.5. The molecule has 0 aliphatic heterocycles. The molecule has 2 aliphatic rings. The van der Waals surface area contributed by atoms with Crippen molar-refractivity contribution in [3.63, 3.8) is 0 Å². The number of nitrogens with zero attached hydrogens (tertiary/aromatic N) is 1. The summed E-state index contributed by atoms with van der Waals surface area (Å²) in [7, 11) is 1.53. The molecule has 3 unspecified atom stereocenters. The Kier molecular flexibility index (Phi) is 6.28. The van der Waals surface area contributed by atoms with Gasteiger partial charge in [-0.25, -0.2) is 5.12 Å². The van der Waals surface area contributed by atoms with Gasteiger partial charge in [0.2, 0.25) is 0 Å². The first-order valence-electron chi connectivity index (χ1n) is 9.05. The van der Waals surface area contributed by atoms with E-state index >= 15 is 0 Å². The molecule has 0 aromatic carbocycles. The van der Waals surface area contributed by atoms with E-state index in [0.29, 0.717) is 17.8 Å². The molecule has 1 saturated carbocycles. The molecule has 0 bridgehead atoms. The van der Waals surface area contributed by atoms with Crippen LogP contribution < -0.4 is 0 Å². The van der Waals surface area contributed by atoms with Gasteiger partial charge in [-0.3, -0.25) is 0 Å². The van der Waals surface area contributed by atoms with Crippen molar-refractivity contribution in [3.05, 3.63) is 35.1 Å². The van der Waals surface area contributed by atoms with E-state index in [1.165, 1.54) is 63.1 Å². The van der Waals surface area contributed by atoms with Crippen molar-refractivity contribution in [2.45, 2.75) is 65.7 Å². The molecule has 3 atom stereocenters. The van der Waals surface area contributed by atoms with Crippen LogP contribution in [0.1, 0.15) is 65.7 Å². The highest BCUT2D eigenvalue weighted by molar-refractivity contribution is 5.43. The quantitative estimate of drug-likeness (QED) is 0.561. The van der Waals surface area contributed by atoms with Crippen molar-refractivity contribution in [1.82, 2.24) is 5.12 Å². The third-order valence-corrected chi connectivity index (χ3v) is 5.41. The van der Waals surface area contributed by atoms with Crippen molar-refractivity contribution in [2.24, 2.45) is 17.8 Å². The lowest BCUT2D eigenvalue weighted by Gasteiger charge is -2.33. The minimum atomic E-state index is 0.376. The second kappa shape index (κ2) is 7.99. The van der Waals surface area contributed by atoms with E-state index in [0.717, 1.165) is 10.8 Å². The predicted octanol–water partition coefficient (Wildman–Crippen LogP) is 6.21. The molecule has 1 fully saturated rings. The van der Waals surface area contributed by atoms with Gasteiger partial charge in [-0.2, -0.15) is 0 Å². The number of rotatable bonds is 3. The zero-order valence-corrected chi connectivity index (χ0v) is 14.7. The normalized spacial score (nSPS) is 30.4. The average molecular weight is 305 g/mol. The van der Waals surface area contributed by atoms with Crippen LogP contribution in [0, 0.1) is 17.8 Å². The van der Waals surface area contributed by atoms with Crippen molar-refractivity contribution in [3.8, 4) is 0 Å². The number of hydrogen-bond donors (Lipinski definition) is 0. The first-order valence-corrected chi connectivity index (χ1v) is 9.05. The maximum Gasteiger partial charge on any atom is 0.0718 e. The van der Waals surface area contributed by atoms with E-state index in [1.54, 1.807) is 0 Å². The molecule has 2 heteroatoms. The van der Waals surface area contributed by atoms with Gasteiger partial charge in [0.15, 0.2) is 0 Å². The van der Waals surface area contributed by atoms with E-state index in [-0.39, 0.29) is 0 Å². The molecular formula is C20H32FN. The molecule has 22 heavy (non-hydrogen) atoms. The highest BCUT2D eigenvalue weighted by atomic mass is 19.2. The maximum atomic E-state index is 14.2. The summed E-state index contributed by atoms with van der Waals surface area (Å²) in [5.41, 5.74) is 3.32. The molecule has 0 spiro atoms. The highest BCUT2D eigenvalue weighted by Gasteiger charge is 2.29. The highest BCUT2D eigenvalue weighted by Crippen LogP contribution is 2.41. The van der Waals surface area contributed by atoms with E-state index in [1.807, 2.05) is 6.08 Å². The predicted molar refractivity (Wildman–Crippen MR) is 92.9 cm³/mol. The van der Waals surface area contributed by atoms with Crippen LogP contribution in [0.15, 0.2) is 35.1 Å². The Labute approximate surface area is 135 Å². The maximum absolute atomic E-state index is 14.2. The molecule has 0 saturated heterocycles. The standard InChI is InChI=1S/C20H32FN/c1-5-17-10-8-6-7-9-11-18(17)20-16(3)14-15(2)12-13-19(20)22(4)21/h12-15,17-18H,5-11H2,1-4H3. The first kappa shape index (κ1) is 17.3. The summed E-state index contributed by atoms with van der Waals surface area (Å²) >= 11 is 0. The van der Waals surface area contributed by atoms with Crippen LogP contribution in [0.5, 0.6) is 0 Å². The van der Waals surface area contributed by atoms with Gasteiger partial charge in [0.1, 0.15) is 0 Å². The number of hydrogen-bond acceptors (Lipinski definition) is 1. The summed E-state index contributed by atoms with van der Waals surface area (Å²) in [6.45, 7) is 6.65. The van der Waals surface area contributed by atoms with E-state index in [9.17, 15) is 4.48 Å². The summed E-state index contributed by atoms with van der Waals surface area (Å²) < 4.78 is 14.2. The summed E-state index contributed by atoms with van der Waals surface area (Å²) in [6, 6.07) is 0. The van der Waals surface area contributed by atoms with Gasteiger partial charge in [-0.05, 0) is 54.7 Å². The summed E-state index contributed by atoms with van der Waals surface area (Å²) in [4.78, 5) is 0. The van der Waals surface area contributed by atoms with E-state index in [2.05, 4.69) is 32.9 Å². The van der Waals surface area contributed by atoms with Crippen LogP contribution in [-0.2, 0) is 0 Å². The molecule has 2 aliphatic carbocycles. The topological polar surface area (TPSA) is 3.24 Å². The smallest absolute Gasteiger partial charge is 0.0718 e. The summed E-state index contributed by atoms with van der Waals surface area (Å²) in [5, 5.41) is 0.826. The van der Waals surface area contributed by atoms with Crippen molar-refractivity contribution < 1.29 is 4.48 Å². The van der Waals surface area contributed by atoms with Gasteiger partial charge in [0.05, 0.1) is 5.70 Å². The fraction of sp³-hybridized carbons (Fsp3) is 0.700. The Morgan fingerprint density at radius 2 is 1.86 bits per heavy atom. The van der Waals surface area contributed by atoms with Crippen molar-refractivity contribution in [1.29, 1.82) is 0 Å². The van der Waals surface area contributed by atoms with Crippen molar-refractivity contribution in [2.75, 3.05) is 7.05 Å². The van der Waals surface area contributed by atoms with Crippen LogP contribution in [0.3, 0.4) is 0 Å². The van der Waals surface area contributed by atoms with E-state index in [4.69, 9.17) is 0 Å². The van der Waals surface area contributed by atoms with Crippen LogP contribution in [0.4, 0.5) is 4.48 Å². The second-order valence-corrected chi connectivity index (χ2v) is 7.11. The van der Waals surface area contributed by atoms with Gasteiger partial charge >= 0.3 is 0 Å². The van der Waals surface area contributed by atoms with Crippen LogP contribution in [0.2, 0.25) is 0 Å². The van der Waals surface area contributed by atoms with Gasteiger partial charge in [0, 0.05) is 7.05 Å². The molecule has 0 radical (unpaired) electrons. The summed E-state index contributed by atoms with van der Waals surface area (Å²) in [5.74, 6) is 1.57. The third-order valence-electron chi connectivity index (χ3n) is 5.41. The molecular weight excluding hydrogens is 273 g/mol. The number of likely N-dealkylation sites (N-methyl/N-ethyl adjacent to an activating group) is 1. The fourth-order valence-corrected chi connectivity index (χ4v) is 4.26. The zero-order valence-electron chi connectivity index (χ0n) is 14.7. The molecule has 124 valence electrons. The van der Waals surface area contributed by atoms with Crippen LogP contribution in [-0.4, -0.2) is 12.2 Å². The molecule has 1 nitrogen and oxygen atoms in total. The Hall–Kier alpha value is -1.05. The Bertz CT molecular complexity index is 458. The van der Waals surface area contributed by atoms with Gasteiger partial charge < -0.3 is 0 Å². The average Bonchev–Trinajstić information content (AvgIpc) is 2.58. The summed E-state index contributed by atoms with van der Waals surface area (Å²) in [6.07, 6.45) is 15.4. The Balaban J connectivity index is 2.45. The lowest BCUT2D eigenvalue weighted by atomic mass is 9.73. The number of halogens is 1. The number of allylic oxidation sites excluding steroid dienone is 5. The lowest BCUT2D eigenvalue weighted by Crippen LogP contribution is -2.22.